The van der Waals surface area contributed by atoms with Gasteiger partial charge in [0, 0.05) is 0 Å². The van der Waals surface area contributed by atoms with E-state index in [4.69, 9.17) is 23.2 Å². The molecule has 0 unspecified atom stereocenters. The molecule has 0 amide bonds. The molecule has 0 aliphatic heterocycles. The largest absolute Gasteiger partial charge is 0.469 e. The molecule has 0 heterocycles. The highest BCUT2D eigenvalue weighted by Gasteiger charge is 2.14. The molecular formula is C10H8Cl2F2O3. The lowest BCUT2D eigenvalue weighted by Gasteiger charge is -2.10. The first-order chi connectivity index (χ1) is 7.93. The highest BCUT2D eigenvalue weighted by atomic mass is 35.5. The van der Waals surface area contributed by atoms with Crippen LogP contribution >= 0.6 is 23.2 Å². The molecular weight excluding hydrogens is 277 g/mol. The van der Waals surface area contributed by atoms with Crippen LogP contribution < -0.4 is 4.74 Å². The van der Waals surface area contributed by atoms with Gasteiger partial charge in [0.05, 0.1) is 18.6 Å². The molecule has 94 valence electrons. The van der Waals surface area contributed by atoms with Crippen LogP contribution in [0.2, 0.25) is 10.0 Å². The smallest absolute Gasteiger partial charge is 0.387 e. The van der Waals surface area contributed by atoms with Crippen molar-refractivity contribution in [3.63, 3.8) is 0 Å². The van der Waals surface area contributed by atoms with E-state index in [1.807, 2.05) is 0 Å². The zero-order chi connectivity index (χ0) is 13.0. The van der Waals surface area contributed by atoms with Gasteiger partial charge in [-0.3, -0.25) is 4.79 Å². The molecule has 0 aliphatic rings. The second-order valence-corrected chi connectivity index (χ2v) is 3.81. The highest BCUT2D eigenvalue weighted by molar-refractivity contribution is 6.43. The fraction of sp³-hybridized carbons (Fsp3) is 0.300. The van der Waals surface area contributed by atoms with Crippen LogP contribution in [0.25, 0.3) is 0 Å². The number of rotatable bonds is 4. The van der Waals surface area contributed by atoms with Gasteiger partial charge in [0.15, 0.2) is 0 Å². The monoisotopic (exact) mass is 284 g/mol. The lowest BCUT2D eigenvalue weighted by Crippen LogP contribution is -2.06. The van der Waals surface area contributed by atoms with Gasteiger partial charge in [0.2, 0.25) is 0 Å². The molecule has 1 aromatic carbocycles. The van der Waals surface area contributed by atoms with Crippen molar-refractivity contribution < 1.29 is 23.0 Å². The third kappa shape index (κ3) is 4.02. The summed E-state index contributed by atoms with van der Waals surface area (Å²) in [6.45, 7) is -3.02. The van der Waals surface area contributed by atoms with E-state index in [-0.39, 0.29) is 22.2 Å². The maximum Gasteiger partial charge on any atom is 0.387 e. The third-order valence-corrected chi connectivity index (χ3v) is 2.63. The molecule has 0 saturated heterocycles. The first-order valence-electron chi connectivity index (χ1n) is 4.43. The average molecular weight is 285 g/mol. The Bertz CT molecular complexity index is 424. The topological polar surface area (TPSA) is 35.5 Å². The second kappa shape index (κ2) is 6.02. The highest BCUT2D eigenvalue weighted by Crippen LogP contribution is 2.34. The zero-order valence-electron chi connectivity index (χ0n) is 8.68. The Labute approximate surface area is 106 Å². The first kappa shape index (κ1) is 14.0. The molecule has 0 saturated carbocycles. The lowest BCUT2D eigenvalue weighted by atomic mass is 10.1. The minimum atomic E-state index is -3.02. The molecule has 0 atom stereocenters. The van der Waals surface area contributed by atoms with Crippen molar-refractivity contribution in [1.29, 1.82) is 0 Å². The van der Waals surface area contributed by atoms with Crippen LogP contribution in [-0.2, 0) is 16.0 Å². The van der Waals surface area contributed by atoms with Gasteiger partial charge in [0.25, 0.3) is 0 Å². The zero-order valence-corrected chi connectivity index (χ0v) is 10.2. The molecule has 1 rings (SSSR count). The molecule has 0 bridgehead atoms. The first-order valence-corrected chi connectivity index (χ1v) is 5.19. The molecule has 0 spiro atoms. The fourth-order valence-corrected chi connectivity index (χ4v) is 1.53. The molecule has 0 radical (unpaired) electrons. The summed E-state index contributed by atoms with van der Waals surface area (Å²) in [5.74, 6) is -0.792. The average Bonchev–Trinajstić information content (AvgIpc) is 2.24. The maximum atomic E-state index is 12.1. The maximum absolute atomic E-state index is 12.1. The van der Waals surface area contributed by atoms with Crippen molar-refractivity contribution in [3.8, 4) is 5.75 Å². The van der Waals surface area contributed by atoms with E-state index in [1.54, 1.807) is 0 Å². The number of carbonyl (C=O) groups excluding carboxylic acids is 1. The van der Waals surface area contributed by atoms with Crippen molar-refractivity contribution in [1.82, 2.24) is 0 Å². The quantitative estimate of drug-likeness (QED) is 0.796. The molecule has 0 N–H and O–H groups in total. The normalized spacial score (nSPS) is 10.5. The van der Waals surface area contributed by atoms with Gasteiger partial charge >= 0.3 is 12.6 Å². The minimum Gasteiger partial charge on any atom is -0.469 e. The summed E-state index contributed by atoms with van der Waals surface area (Å²) in [4.78, 5) is 11.0. The second-order valence-electron chi connectivity index (χ2n) is 3.02. The van der Waals surface area contributed by atoms with Crippen LogP contribution in [0.15, 0.2) is 12.1 Å². The molecule has 1 aromatic rings. The van der Waals surface area contributed by atoms with Crippen molar-refractivity contribution >= 4 is 29.2 Å². The van der Waals surface area contributed by atoms with Gasteiger partial charge in [-0.2, -0.15) is 8.78 Å². The van der Waals surface area contributed by atoms with Gasteiger partial charge in [0.1, 0.15) is 10.8 Å². The van der Waals surface area contributed by atoms with Crippen molar-refractivity contribution in [2.75, 3.05) is 7.11 Å². The summed E-state index contributed by atoms with van der Waals surface area (Å²) in [6, 6.07) is 2.61. The van der Waals surface area contributed by atoms with Crippen LogP contribution in [0.4, 0.5) is 8.78 Å². The van der Waals surface area contributed by atoms with Crippen LogP contribution in [0.5, 0.6) is 5.75 Å². The molecule has 0 aliphatic carbocycles. The van der Waals surface area contributed by atoms with Crippen LogP contribution in [0.1, 0.15) is 5.56 Å². The Morgan fingerprint density at radius 3 is 2.59 bits per heavy atom. The molecule has 3 nitrogen and oxygen atoms in total. The predicted octanol–water partition coefficient (Wildman–Crippen LogP) is 3.31. The van der Waals surface area contributed by atoms with Crippen molar-refractivity contribution in [2.45, 2.75) is 13.0 Å². The summed E-state index contributed by atoms with van der Waals surface area (Å²) in [5.41, 5.74) is 0.377. The van der Waals surface area contributed by atoms with E-state index in [0.29, 0.717) is 5.56 Å². The summed E-state index contributed by atoms with van der Waals surface area (Å²) < 4.78 is 32.8. The van der Waals surface area contributed by atoms with Crippen LogP contribution in [0, 0.1) is 0 Å². The van der Waals surface area contributed by atoms with E-state index in [0.717, 1.165) is 0 Å². The molecule has 0 aromatic heterocycles. The summed E-state index contributed by atoms with van der Waals surface area (Å²) in [5, 5.41) is -0.0932. The summed E-state index contributed by atoms with van der Waals surface area (Å²) in [7, 11) is 1.22. The number of methoxy groups -OCH3 is 1. The van der Waals surface area contributed by atoms with E-state index >= 15 is 0 Å². The van der Waals surface area contributed by atoms with Gasteiger partial charge in [-0.25, -0.2) is 0 Å². The lowest BCUT2D eigenvalue weighted by molar-refractivity contribution is -0.139. The van der Waals surface area contributed by atoms with E-state index in [2.05, 4.69) is 9.47 Å². The summed E-state index contributed by atoms with van der Waals surface area (Å²) in [6.07, 6.45) is -0.104. The molecule has 7 heteroatoms. The Hall–Kier alpha value is -1.07. The number of ether oxygens (including phenoxy) is 2. The Morgan fingerprint density at radius 1 is 1.41 bits per heavy atom. The number of halogens is 4. The number of hydrogen-bond donors (Lipinski definition) is 0. The standard InChI is InChI=1S/C10H8Cl2F2O3/c1-16-8(15)4-5-2-6(11)9(12)7(3-5)17-10(13)14/h2-3,10H,4H2,1H3. The Kier molecular flexibility index (Phi) is 4.96. The van der Waals surface area contributed by atoms with Gasteiger partial charge in [-0.1, -0.05) is 23.2 Å². The van der Waals surface area contributed by atoms with Gasteiger partial charge in [-0.05, 0) is 17.7 Å². The van der Waals surface area contributed by atoms with Gasteiger partial charge < -0.3 is 9.47 Å². The Balaban J connectivity index is 3.01. The number of alkyl halides is 2. The Morgan fingerprint density at radius 2 is 2.06 bits per heavy atom. The molecule has 0 fully saturated rings. The predicted molar refractivity (Wildman–Crippen MR) is 58.8 cm³/mol. The van der Waals surface area contributed by atoms with Crippen LogP contribution in [0.3, 0.4) is 0 Å². The van der Waals surface area contributed by atoms with Gasteiger partial charge in [-0.15, -0.1) is 0 Å². The number of benzene rings is 1. The SMILES string of the molecule is COC(=O)Cc1cc(Cl)c(Cl)c(OC(F)F)c1. The third-order valence-electron chi connectivity index (χ3n) is 1.85. The van der Waals surface area contributed by atoms with E-state index < -0.39 is 12.6 Å². The fourth-order valence-electron chi connectivity index (χ4n) is 1.14. The van der Waals surface area contributed by atoms with E-state index in [9.17, 15) is 13.6 Å². The van der Waals surface area contributed by atoms with Crippen molar-refractivity contribution in [2.24, 2.45) is 0 Å². The van der Waals surface area contributed by atoms with E-state index in [1.165, 1.54) is 19.2 Å². The number of carbonyl (C=O) groups is 1. The summed E-state index contributed by atoms with van der Waals surface area (Å²) >= 11 is 11.4. The molecule has 17 heavy (non-hydrogen) atoms. The van der Waals surface area contributed by atoms with Crippen LogP contribution in [-0.4, -0.2) is 19.7 Å². The number of hydrogen-bond acceptors (Lipinski definition) is 3. The van der Waals surface area contributed by atoms with Crippen molar-refractivity contribution in [3.05, 3.63) is 27.7 Å². The minimum absolute atomic E-state index is 0.0312. The number of esters is 1.